The van der Waals surface area contributed by atoms with Crippen molar-refractivity contribution in [3.63, 3.8) is 0 Å². The lowest BCUT2D eigenvalue weighted by atomic mass is 10.0. The maximum atomic E-state index is 7.39. The van der Waals surface area contributed by atoms with Crippen molar-refractivity contribution in [3.05, 3.63) is 287 Å². The van der Waals surface area contributed by atoms with Crippen LogP contribution in [0.2, 0.25) is 36.3 Å². The third-order valence-corrected chi connectivity index (χ3v) is 26.9. The van der Waals surface area contributed by atoms with Crippen molar-refractivity contribution in [2.24, 2.45) is 0 Å². The van der Waals surface area contributed by atoms with Crippen LogP contribution in [0.25, 0.3) is 0 Å². The summed E-state index contributed by atoms with van der Waals surface area (Å²) in [7, 11) is -4.76. The molecule has 8 aromatic rings. The molecule has 8 aromatic carbocycles. The second-order valence-electron chi connectivity index (χ2n) is 27.1. The van der Waals surface area contributed by atoms with Crippen molar-refractivity contribution in [1.29, 1.82) is 0 Å². The van der Waals surface area contributed by atoms with Gasteiger partial charge in [-0.15, -0.1) is 0 Å². The van der Waals surface area contributed by atoms with Gasteiger partial charge in [0.15, 0.2) is 16.6 Å². The minimum atomic E-state index is -2.38. The molecule has 0 aromatic heterocycles. The van der Waals surface area contributed by atoms with Crippen LogP contribution in [0.15, 0.2) is 243 Å². The molecule has 0 bridgehead atoms. The number of hydrogen-bond donors (Lipinski definition) is 0. The number of rotatable bonds is 40. The van der Waals surface area contributed by atoms with Crippen LogP contribution >= 0.6 is 0 Å². The molecule has 0 saturated heterocycles. The van der Waals surface area contributed by atoms with E-state index in [0.29, 0.717) is 13.2 Å². The molecule has 0 aliphatic carbocycles. The molecular weight excluding hydrogens is 1190 g/mol. The lowest BCUT2D eigenvalue weighted by molar-refractivity contribution is -0.217. The van der Waals surface area contributed by atoms with Crippen molar-refractivity contribution in [1.82, 2.24) is 0 Å². The quantitative estimate of drug-likeness (QED) is 0.0343. The second kappa shape index (κ2) is 37.2. The molecule has 0 amide bonds. The molecular formula is C80H102O11Si2. The van der Waals surface area contributed by atoms with Crippen LogP contribution in [0.4, 0.5) is 0 Å². The van der Waals surface area contributed by atoms with Crippen LogP contribution in [0.5, 0.6) is 0 Å². The van der Waals surface area contributed by atoms with Gasteiger partial charge in [0.25, 0.3) is 0 Å². The van der Waals surface area contributed by atoms with Gasteiger partial charge >= 0.3 is 0 Å². The van der Waals surface area contributed by atoms with Crippen molar-refractivity contribution >= 4 is 16.6 Å². The molecule has 8 atom stereocenters. The minimum Gasteiger partial charge on any atom is -0.414 e. The zero-order valence-electron chi connectivity index (χ0n) is 56.7. The van der Waals surface area contributed by atoms with E-state index >= 15 is 0 Å². The molecule has 496 valence electrons. The average Bonchev–Trinajstić information content (AvgIpc) is 0.964. The van der Waals surface area contributed by atoms with E-state index in [9.17, 15) is 0 Å². The number of hydrogen-bond acceptors (Lipinski definition) is 11. The fourth-order valence-corrected chi connectivity index (χ4v) is 12.1. The van der Waals surface area contributed by atoms with E-state index in [1.54, 1.807) is 0 Å². The Kier molecular flexibility index (Phi) is 29.0. The first-order valence-corrected chi connectivity index (χ1v) is 38.8. The van der Waals surface area contributed by atoms with E-state index in [1.807, 2.05) is 146 Å². The highest BCUT2D eigenvalue weighted by Crippen LogP contribution is 2.39. The van der Waals surface area contributed by atoms with E-state index in [2.05, 4.69) is 165 Å². The Balaban J connectivity index is 1.25. The average molecular weight is 1300 g/mol. The van der Waals surface area contributed by atoms with Crippen molar-refractivity contribution in [2.45, 2.75) is 179 Å². The summed E-state index contributed by atoms with van der Waals surface area (Å²) in [6.45, 7) is 25.3. The monoisotopic (exact) mass is 1290 g/mol. The van der Waals surface area contributed by atoms with Crippen LogP contribution in [0.3, 0.4) is 0 Å². The van der Waals surface area contributed by atoms with Crippen LogP contribution < -0.4 is 0 Å². The molecule has 0 N–H and O–H groups in total. The molecule has 0 unspecified atom stereocenters. The molecule has 93 heavy (non-hydrogen) atoms. The molecule has 0 saturated carbocycles. The third kappa shape index (κ3) is 24.2. The summed E-state index contributed by atoms with van der Waals surface area (Å²) in [6.07, 6.45) is -5.97. The van der Waals surface area contributed by atoms with Gasteiger partial charge in [-0.25, -0.2) is 0 Å². The number of ether oxygens (including phenoxy) is 9. The highest BCUT2D eigenvalue weighted by Gasteiger charge is 2.45. The summed E-state index contributed by atoms with van der Waals surface area (Å²) >= 11 is 0. The van der Waals surface area contributed by atoms with Crippen molar-refractivity contribution < 1.29 is 51.5 Å². The summed E-state index contributed by atoms with van der Waals surface area (Å²) in [4.78, 5) is 0. The first-order chi connectivity index (χ1) is 44.9. The van der Waals surface area contributed by atoms with Crippen LogP contribution in [-0.4, -0.2) is 91.9 Å². The van der Waals surface area contributed by atoms with E-state index in [0.717, 1.165) is 44.5 Å². The van der Waals surface area contributed by atoms with Gasteiger partial charge in [0.05, 0.1) is 79.3 Å². The van der Waals surface area contributed by atoms with Crippen molar-refractivity contribution in [3.8, 4) is 0 Å². The van der Waals surface area contributed by atoms with Gasteiger partial charge in [0, 0.05) is 0 Å². The minimum absolute atomic E-state index is 0.0422. The van der Waals surface area contributed by atoms with E-state index in [4.69, 9.17) is 51.5 Å². The zero-order chi connectivity index (χ0) is 65.8. The zero-order valence-corrected chi connectivity index (χ0v) is 58.7. The Morgan fingerprint density at radius 1 is 0.237 bits per heavy atom. The molecule has 0 radical (unpaired) electrons. The molecule has 0 heterocycles. The maximum Gasteiger partial charge on any atom is 0.192 e. The normalized spacial score (nSPS) is 15.0. The van der Waals surface area contributed by atoms with E-state index < -0.39 is 65.5 Å². The SMILES string of the molecule is CC(C)(C)[Si](C)(C)OC[C@@H](OCc1ccccc1)[C@@H](OCc1ccccc1)[C@H](OCc1ccccc1)[C@@H](COC[C@@H](OCc1ccccc1)[C@@H](OCc1ccccc1)[C@H](OCc1ccccc1)[C@@H](CO[Si](C)(C)C(C)(C)C)OCc1ccccc1)OCc1ccccc1. The van der Waals surface area contributed by atoms with Gasteiger partial charge < -0.3 is 51.5 Å². The predicted molar refractivity (Wildman–Crippen MR) is 377 cm³/mol. The standard InChI is InChI=1S/C80H102O11Si2/c1-79(2,3)92(7,8)90-61-73(84-53-65-39-23-13-24-40-65)77(88-57-69-47-31-17-32-48-69)75(86-55-67-43-27-15-28-44-67)71(82-51-63-35-19-11-20-36-63)59-81-60-72(83-52-64-37-21-12-22-38-64)76(87-56-68-45-29-16-30-46-68)78(89-58-70-49-33-18-34-50-70)74(62-91-93(9,10)80(4,5)6)85-54-66-41-25-14-26-42-66/h11-50,71-78H,51-62H2,1-10H3/t71-,72-,73-,74-,75-,76-,77-,78-/m1/s1. The summed E-state index contributed by atoms with van der Waals surface area (Å²) in [5.41, 5.74) is 8.00. The Bertz CT molecular complexity index is 3030. The van der Waals surface area contributed by atoms with Gasteiger partial charge in [0.1, 0.15) is 48.8 Å². The molecule has 13 heteroatoms. The fraction of sp³-hybridized carbons (Fsp3) is 0.400. The third-order valence-electron chi connectivity index (χ3n) is 17.9. The largest absolute Gasteiger partial charge is 0.414 e. The summed E-state index contributed by atoms with van der Waals surface area (Å²) in [5.74, 6) is 0. The van der Waals surface area contributed by atoms with Crippen LogP contribution in [0.1, 0.15) is 86.1 Å². The smallest absolute Gasteiger partial charge is 0.192 e. The first kappa shape index (κ1) is 72.6. The molecule has 0 fully saturated rings. The highest BCUT2D eigenvalue weighted by molar-refractivity contribution is 6.74. The van der Waals surface area contributed by atoms with Gasteiger partial charge in [-0.1, -0.05) is 284 Å². The Morgan fingerprint density at radius 3 is 0.570 bits per heavy atom. The first-order valence-electron chi connectivity index (χ1n) is 33.0. The summed E-state index contributed by atoms with van der Waals surface area (Å²) in [5, 5.41) is -0.177. The Hall–Kier alpha value is -6.25. The Morgan fingerprint density at radius 2 is 0.398 bits per heavy atom. The molecule has 0 aliphatic rings. The van der Waals surface area contributed by atoms with Gasteiger partial charge in [-0.05, 0) is 80.8 Å². The van der Waals surface area contributed by atoms with Gasteiger partial charge in [0.2, 0.25) is 0 Å². The molecule has 8 rings (SSSR count). The lowest BCUT2D eigenvalue weighted by Gasteiger charge is -2.41. The highest BCUT2D eigenvalue weighted by atomic mass is 28.4. The van der Waals surface area contributed by atoms with E-state index in [-0.39, 0.29) is 76.1 Å². The maximum absolute atomic E-state index is 7.39. The van der Waals surface area contributed by atoms with Crippen LogP contribution in [-0.2, 0) is 104 Å². The topological polar surface area (TPSA) is 102 Å². The number of benzene rings is 8. The fourth-order valence-electron chi connectivity index (χ4n) is 10.1. The summed E-state index contributed by atoms with van der Waals surface area (Å²) < 4.78 is 80.1. The van der Waals surface area contributed by atoms with Crippen molar-refractivity contribution in [2.75, 3.05) is 26.4 Å². The lowest BCUT2D eigenvalue weighted by Crippen LogP contribution is -2.55. The van der Waals surface area contributed by atoms with Gasteiger partial charge in [-0.2, -0.15) is 0 Å². The van der Waals surface area contributed by atoms with Crippen LogP contribution in [0, 0.1) is 0 Å². The Labute approximate surface area is 558 Å². The van der Waals surface area contributed by atoms with Gasteiger partial charge in [-0.3, -0.25) is 0 Å². The molecule has 0 aliphatic heterocycles. The predicted octanol–water partition coefficient (Wildman–Crippen LogP) is 17.7. The molecule has 0 spiro atoms. The summed E-state index contributed by atoms with van der Waals surface area (Å²) in [6, 6.07) is 81.9. The van der Waals surface area contributed by atoms with E-state index in [1.165, 1.54) is 0 Å². The molecule has 11 nitrogen and oxygen atoms in total. The second-order valence-corrected chi connectivity index (χ2v) is 36.7.